The van der Waals surface area contributed by atoms with E-state index in [-0.39, 0.29) is 12.5 Å². The number of para-hydroxylation sites is 1. The van der Waals surface area contributed by atoms with Gasteiger partial charge in [0.1, 0.15) is 0 Å². The number of nitrogens with one attached hydrogen (secondary N) is 1. The lowest BCUT2D eigenvalue weighted by molar-refractivity contribution is 0.169. The molecule has 0 spiro atoms. The molecule has 0 heterocycles. The highest BCUT2D eigenvalue weighted by Gasteiger charge is 2.12. The maximum absolute atomic E-state index is 9.10. The zero-order valence-electron chi connectivity index (χ0n) is 12.8. The Hall–Kier alpha value is -1.26. The van der Waals surface area contributed by atoms with Crippen LogP contribution in [-0.4, -0.2) is 31.5 Å². The summed E-state index contributed by atoms with van der Waals surface area (Å²) in [6.07, 6.45) is 1.10. The van der Waals surface area contributed by atoms with Crippen molar-refractivity contribution in [3.63, 3.8) is 0 Å². The second kappa shape index (κ2) is 9.61. The fraction of sp³-hybridized carbons (Fsp3) is 0.625. The Balaban J connectivity index is 2.81. The van der Waals surface area contributed by atoms with Crippen molar-refractivity contribution in [3.05, 3.63) is 23.8 Å². The maximum Gasteiger partial charge on any atom is 0.165 e. The van der Waals surface area contributed by atoms with Crippen molar-refractivity contribution in [2.75, 3.05) is 26.4 Å². The van der Waals surface area contributed by atoms with Gasteiger partial charge in [-0.05, 0) is 26.0 Å². The molecule has 20 heavy (non-hydrogen) atoms. The molecule has 0 radical (unpaired) electrons. The van der Waals surface area contributed by atoms with E-state index in [4.69, 9.17) is 14.6 Å². The minimum absolute atomic E-state index is 0.112. The topological polar surface area (TPSA) is 50.7 Å². The lowest BCUT2D eigenvalue weighted by atomic mass is 10.1. The van der Waals surface area contributed by atoms with Crippen molar-refractivity contribution >= 4 is 0 Å². The van der Waals surface area contributed by atoms with Gasteiger partial charge in [-0.2, -0.15) is 0 Å². The smallest absolute Gasteiger partial charge is 0.165 e. The second-order valence-corrected chi connectivity index (χ2v) is 4.95. The molecule has 0 aliphatic heterocycles. The Morgan fingerprint density at radius 1 is 1.25 bits per heavy atom. The van der Waals surface area contributed by atoms with Crippen molar-refractivity contribution in [2.45, 2.75) is 33.7 Å². The zero-order valence-corrected chi connectivity index (χ0v) is 12.8. The first-order valence-corrected chi connectivity index (χ1v) is 7.41. The average molecular weight is 281 g/mol. The SMILES string of the molecule is CCCNCc1cccc(OCC)c1OCC(C)CO. The minimum atomic E-state index is 0.112. The number of rotatable bonds is 10. The molecule has 0 bridgehead atoms. The lowest BCUT2D eigenvalue weighted by Gasteiger charge is -2.18. The normalized spacial score (nSPS) is 12.2. The van der Waals surface area contributed by atoms with Gasteiger partial charge in [0.15, 0.2) is 11.5 Å². The van der Waals surface area contributed by atoms with E-state index in [2.05, 4.69) is 12.2 Å². The van der Waals surface area contributed by atoms with Crippen LogP contribution in [0.5, 0.6) is 11.5 Å². The fourth-order valence-electron chi connectivity index (χ4n) is 1.81. The van der Waals surface area contributed by atoms with Crippen LogP contribution < -0.4 is 14.8 Å². The van der Waals surface area contributed by atoms with E-state index in [1.54, 1.807) is 0 Å². The van der Waals surface area contributed by atoms with Crippen LogP contribution in [0.3, 0.4) is 0 Å². The summed E-state index contributed by atoms with van der Waals surface area (Å²) in [5, 5.41) is 12.5. The summed E-state index contributed by atoms with van der Waals surface area (Å²) in [7, 11) is 0. The zero-order chi connectivity index (χ0) is 14.8. The van der Waals surface area contributed by atoms with Crippen molar-refractivity contribution in [1.82, 2.24) is 5.32 Å². The van der Waals surface area contributed by atoms with Crippen molar-refractivity contribution in [3.8, 4) is 11.5 Å². The van der Waals surface area contributed by atoms with Gasteiger partial charge in [-0.3, -0.25) is 0 Å². The van der Waals surface area contributed by atoms with Crippen molar-refractivity contribution < 1.29 is 14.6 Å². The third kappa shape index (κ3) is 5.39. The molecule has 0 amide bonds. The predicted molar refractivity (Wildman–Crippen MR) is 81.4 cm³/mol. The van der Waals surface area contributed by atoms with Crippen LogP contribution in [0.15, 0.2) is 18.2 Å². The van der Waals surface area contributed by atoms with Gasteiger partial charge in [-0.15, -0.1) is 0 Å². The molecule has 4 nitrogen and oxygen atoms in total. The molecular formula is C16H27NO3. The molecule has 0 aliphatic rings. The molecule has 0 aromatic heterocycles. The number of aliphatic hydroxyl groups is 1. The maximum atomic E-state index is 9.10. The molecule has 1 atom stereocenters. The summed E-state index contributed by atoms with van der Waals surface area (Å²) < 4.78 is 11.5. The van der Waals surface area contributed by atoms with E-state index in [0.717, 1.165) is 36.6 Å². The molecule has 0 saturated carbocycles. The van der Waals surface area contributed by atoms with Gasteiger partial charge in [-0.25, -0.2) is 0 Å². The highest BCUT2D eigenvalue weighted by Crippen LogP contribution is 2.31. The summed E-state index contributed by atoms with van der Waals surface area (Å²) in [5.74, 6) is 1.67. The molecule has 0 saturated heterocycles. The Kier molecular flexibility index (Phi) is 8.07. The van der Waals surface area contributed by atoms with Gasteiger partial charge in [0.05, 0.1) is 13.2 Å². The third-order valence-electron chi connectivity index (χ3n) is 2.93. The molecule has 1 aromatic rings. The quantitative estimate of drug-likeness (QED) is 0.647. The molecule has 114 valence electrons. The van der Waals surface area contributed by atoms with Crippen LogP contribution in [0, 0.1) is 5.92 Å². The fourth-order valence-corrected chi connectivity index (χ4v) is 1.81. The first kappa shape index (κ1) is 16.8. The van der Waals surface area contributed by atoms with E-state index in [0.29, 0.717) is 13.2 Å². The average Bonchev–Trinajstić information content (AvgIpc) is 2.46. The highest BCUT2D eigenvalue weighted by atomic mass is 16.5. The van der Waals surface area contributed by atoms with E-state index >= 15 is 0 Å². The van der Waals surface area contributed by atoms with Crippen LogP contribution in [0.2, 0.25) is 0 Å². The number of hydrogen-bond donors (Lipinski definition) is 2. The molecule has 4 heteroatoms. The molecule has 0 aliphatic carbocycles. The lowest BCUT2D eigenvalue weighted by Crippen LogP contribution is -2.17. The van der Waals surface area contributed by atoms with E-state index in [9.17, 15) is 0 Å². The summed E-state index contributed by atoms with van der Waals surface area (Å²) in [4.78, 5) is 0. The van der Waals surface area contributed by atoms with Crippen LogP contribution >= 0.6 is 0 Å². The second-order valence-electron chi connectivity index (χ2n) is 4.95. The monoisotopic (exact) mass is 281 g/mol. The van der Waals surface area contributed by atoms with Gasteiger partial charge >= 0.3 is 0 Å². The number of ether oxygens (including phenoxy) is 2. The Bertz CT molecular complexity index is 382. The van der Waals surface area contributed by atoms with Crippen molar-refractivity contribution in [2.24, 2.45) is 5.92 Å². The first-order valence-electron chi connectivity index (χ1n) is 7.41. The van der Waals surface area contributed by atoms with Crippen molar-refractivity contribution in [1.29, 1.82) is 0 Å². The number of hydrogen-bond acceptors (Lipinski definition) is 4. The highest BCUT2D eigenvalue weighted by molar-refractivity contribution is 5.46. The molecule has 2 N–H and O–H groups in total. The van der Waals surface area contributed by atoms with Crippen LogP contribution in [0.4, 0.5) is 0 Å². The molecule has 1 unspecified atom stereocenters. The minimum Gasteiger partial charge on any atom is -0.490 e. The standard InChI is InChI=1S/C16H27NO3/c1-4-9-17-10-14-7-6-8-15(19-5-2)16(14)20-12-13(3)11-18/h6-8,13,17-18H,4-5,9-12H2,1-3H3. The van der Waals surface area contributed by atoms with Gasteiger partial charge in [-0.1, -0.05) is 26.0 Å². The Morgan fingerprint density at radius 2 is 2.05 bits per heavy atom. The van der Waals surface area contributed by atoms with E-state index in [1.807, 2.05) is 32.0 Å². The van der Waals surface area contributed by atoms with Crippen LogP contribution in [0.25, 0.3) is 0 Å². The van der Waals surface area contributed by atoms with Crippen LogP contribution in [0.1, 0.15) is 32.8 Å². The molecule has 1 aromatic carbocycles. The number of aliphatic hydroxyl groups excluding tert-OH is 1. The summed E-state index contributed by atoms with van der Waals surface area (Å²) in [6, 6.07) is 5.95. The summed E-state index contributed by atoms with van der Waals surface area (Å²) >= 11 is 0. The van der Waals surface area contributed by atoms with Gasteiger partial charge in [0.25, 0.3) is 0 Å². The summed E-state index contributed by atoms with van der Waals surface area (Å²) in [5.41, 5.74) is 1.09. The summed E-state index contributed by atoms with van der Waals surface area (Å²) in [6.45, 7) is 9.02. The van der Waals surface area contributed by atoms with Crippen LogP contribution in [-0.2, 0) is 6.54 Å². The molecule has 0 fully saturated rings. The third-order valence-corrected chi connectivity index (χ3v) is 2.93. The van der Waals surface area contributed by atoms with E-state index in [1.165, 1.54) is 0 Å². The predicted octanol–water partition coefficient (Wildman–Crippen LogP) is 2.59. The largest absolute Gasteiger partial charge is 0.490 e. The Labute approximate surface area is 122 Å². The molecule has 1 rings (SSSR count). The first-order chi connectivity index (χ1) is 9.72. The van der Waals surface area contributed by atoms with Gasteiger partial charge in [0.2, 0.25) is 0 Å². The van der Waals surface area contributed by atoms with E-state index < -0.39 is 0 Å². The molecular weight excluding hydrogens is 254 g/mol. The van der Waals surface area contributed by atoms with Gasteiger partial charge < -0.3 is 19.9 Å². The van der Waals surface area contributed by atoms with Gasteiger partial charge in [0, 0.05) is 24.6 Å². The Morgan fingerprint density at radius 3 is 2.70 bits per heavy atom. The number of benzene rings is 1.